The van der Waals surface area contributed by atoms with Crippen molar-refractivity contribution in [2.45, 2.75) is 12.6 Å². The van der Waals surface area contributed by atoms with Gasteiger partial charge < -0.3 is 19.9 Å². The average molecular weight is 340 g/mol. The third-order valence-corrected chi connectivity index (χ3v) is 3.74. The van der Waals surface area contributed by atoms with Crippen LogP contribution < -0.4 is 14.8 Å². The van der Waals surface area contributed by atoms with E-state index in [1.54, 1.807) is 44.6 Å². The van der Waals surface area contributed by atoms with Crippen LogP contribution in [0.2, 0.25) is 5.02 Å². The molecule has 2 aromatic carbocycles. The minimum atomic E-state index is -0.777. The Bertz CT molecular complexity index is 644. The molecule has 0 saturated carbocycles. The van der Waals surface area contributed by atoms with Gasteiger partial charge in [-0.2, -0.15) is 0 Å². The number of rotatable bonds is 7. The molecule has 0 saturated heterocycles. The maximum Gasteiger partial charge on any atom is 0.146 e. The molecule has 0 radical (unpaired) electrons. The fourth-order valence-corrected chi connectivity index (χ4v) is 2.36. The minimum absolute atomic E-state index is 0.0855. The summed E-state index contributed by atoms with van der Waals surface area (Å²) in [6.07, 6.45) is -0.777. The number of aliphatic hydroxyl groups excluding tert-OH is 1. The molecule has 0 heterocycles. The molecule has 1 atom stereocenters. The lowest BCUT2D eigenvalue weighted by molar-refractivity contribution is 0.173. The predicted octanol–water partition coefficient (Wildman–Crippen LogP) is 3.32. The van der Waals surface area contributed by atoms with Gasteiger partial charge >= 0.3 is 0 Å². The maximum atomic E-state index is 13.8. The van der Waals surface area contributed by atoms with Gasteiger partial charge in [0.15, 0.2) is 0 Å². The number of hydrogen-bond acceptors (Lipinski definition) is 4. The quantitative estimate of drug-likeness (QED) is 0.812. The van der Waals surface area contributed by atoms with Gasteiger partial charge in [0.2, 0.25) is 0 Å². The molecule has 0 fully saturated rings. The summed E-state index contributed by atoms with van der Waals surface area (Å²) < 4.78 is 24.1. The number of halogens is 2. The lowest BCUT2D eigenvalue weighted by Crippen LogP contribution is -2.21. The van der Waals surface area contributed by atoms with Gasteiger partial charge in [0.05, 0.1) is 25.3 Å². The topological polar surface area (TPSA) is 50.7 Å². The normalized spacial score (nSPS) is 12.0. The molecule has 124 valence electrons. The molecule has 2 rings (SSSR count). The van der Waals surface area contributed by atoms with Gasteiger partial charge in [-0.15, -0.1) is 0 Å². The summed E-state index contributed by atoms with van der Waals surface area (Å²) in [5, 5.41) is 13.4. The Balaban J connectivity index is 1.99. The standard InChI is InChI=1S/C17H19ClFNO3/c1-22-13-6-12(7-14(8-13)23-2)16(21)10-20-9-11-4-3-5-15(18)17(11)19/h3-8,16,20-21H,9-10H2,1-2H3. The van der Waals surface area contributed by atoms with Crippen molar-refractivity contribution >= 4 is 11.6 Å². The van der Waals surface area contributed by atoms with Crippen LogP contribution in [0.15, 0.2) is 36.4 Å². The Labute approximate surface area is 139 Å². The SMILES string of the molecule is COc1cc(OC)cc(C(O)CNCc2cccc(Cl)c2F)c1. The second-order valence-electron chi connectivity index (χ2n) is 5.01. The first-order valence-corrected chi connectivity index (χ1v) is 7.47. The molecule has 0 aromatic heterocycles. The maximum absolute atomic E-state index is 13.8. The van der Waals surface area contributed by atoms with E-state index >= 15 is 0 Å². The van der Waals surface area contributed by atoms with Gasteiger partial charge in [-0.3, -0.25) is 0 Å². The summed E-state index contributed by atoms with van der Waals surface area (Å²) in [5.41, 5.74) is 1.10. The summed E-state index contributed by atoms with van der Waals surface area (Å²) in [4.78, 5) is 0. The Morgan fingerprint density at radius 3 is 2.43 bits per heavy atom. The summed E-state index contributed by atoms with van der Waals surface area (Å²) in [6.45, 7) is 0.521. The van der Waals surface area contributed by atoms with Crippen LogP contribution in [0.1, 0.15) is 17.2 Å². The monoisotopic (exact) mass is 339 g/mol. The number of methoxy groups -OCH3 is 2. The molecule has 2 aromatic rings. The van der Waals surface area contributed by atoms with E-state index in [-0.39, 0.29) is 18.1 Å². The van der Waals surface area contributed by atoms with E-state index in [2.05, 4.69) is 5.32 Å². The highest BCUT2D eigenvalue weighted by atomic mass is 35.5. The molecule has 23 heavy (non-hydrogen) atoms. The van der Waals surface area contributed by atoms with Gasteiger partial charge in [0.1, 0.15) is 17.3 Å². The Morgan fingerprint density at radius 2 is 1.83 bits per heavy atom. The lowest BCUT2D eigenvalue weighted by atomic mass is 10.1. The molecule has 6 heteroatoms. The summed E-state index contributed by atoms with van der Waals surface area (Å²) >= 11 is 5.74. The first kappa shape index (κ1) is 17.5. The fourth-order valence-electron chi connectivity index (χ4n) is 2.17. The molecule has 0 aliphatic heterocycles. The highest BCUT2D eigenvalue weighted by Crippen LogP contribution is 2.26. The van der Waals surface area contributed by atoms with Crippen molar-refractivity contribution in [2.75, 3.05) is 20.8 Å². The fraction of sp³-hybridized carbons (Fsp3) is 0.294. The van der Waals surface area contributed by atoms with Crippen molar-refractivity contribution in [1.29, 1.82) is 0 Å². The minimum Gasteiger partial charge on any atom is -0.497 e. The summed E-state index contributed by atoms with van der Waals surface area (Å²) in [6, 6.07) is 10.0. The zero-order valence-corrected chi connectivity index (χ0v) is 13.7. The third-order valence-electron chi connectivity index (χ3n) is 3.44. The molecule has 1 unspecified atom stereocenters. The van der Waals surface area contributed by atoms with E-state index in [0.29, 0.717) is 22.6 Å². The van der Waals surface area contributed by atoms with E-state index in [9.17, 15) is 9.50 Å². The van der Waals surface area contributed by atoms with Crippen molar-refractivity contribution < 1.29 is 19.0 Å². The molecule has 0 bridgehead atoms. The van der Waals surface area contributed by atoms with Crippen LogP contribution >= 0.6 is 11.6 Å². The smallest absolute Gasteiger partial charge is 0.146 e. The Kier molecular flexibility index (Phi) is 6.21. The second-order valence-corrected chi connectivity index (χ2v) is 5.41. The van der Waals surface area contributed by atoms with E-state index in [1.807, 2.05) is 0 Å². The number of hydrogen-bond donors (Lipinski definition) is 2. The van der Waals surface area contributed by atoms with Crippen LogP contribution in [0.3, 0.4) is 0 Å². The van der Waals surface area contributed by atoms with Crippen LogP contribution in [-0.4, -0.2) is 25.9 Å². The molecule has 0 spiro atoms. The van der Waals surface area contributed by atoms with E-state index in [1.165, 1.54) is 6.07 Å². The average Bonchev–Trinajstić information content (AvgIpc) is 2.57. The molecule has 0 aliphatic rings. The van der Waals surface area contributed by atoms with Crippen LogP contribution in [0.5, 0.6) is 11.5 Å². The van der Waals surface area contributed by atoms with Gasteiger partial charge in [-0.1, -0.05) is 23.7 Å². The van der Waals surface area contributed by atoms with Crippen LogP contribution in [0, 0.1) is 5.82 Å². The van der Waals surface area contributed by atoms with Crippen LogP contribution in [0.4, 0.5) is 4.39 Å². The van der Waals surface area contributed by atoms with Gasteiger partial charge in [0.25, 0.3) is 0 Å². The molecular formula is C17H19ClFNO3. The highest BCUT2D eigenvalue weighted by molar-refractivity contribution is 6.30. The molecule has 2 N–H and O–H groups in total. The van der Waals surface area contributed by atoms with E-state index in [0.717, 1.165) is 0 Å². The lowest BCUT2D eigenvalue weighted by Gasteiger charge is -2.15. The zero-order chi connectivity index (χ0) is 16.8. The molecular weight excluding hydrogens is 321 g/mol. The zero-order valence-electron chi connectivity index (χ0n) is 13.0. The number of nitrogens with one attached hydrogen (secondary N) is 1. The Morgan fingerprint density at radius 1 is 1.17 bits per heavy atom. The van der Waals surface area contributed by atoms with Crippen LogP contribution in [-0.2, 0) is 6.54 Å². The highest BCUT2D eigenvalue weighted by Gasteiger charge is 2.12. The van der Waals surface area contributed by atoms with Crippen molar-refractivity contribution in [3.05, 3.63) is 58.4 Å². The largest absolute Gasteiger partial charge is 0.497 e. The second kappa shape index (κ2) is 8.15. The first-order valence-electron chi connectivity index (χ1n) is 7.09. The van der Waals surface area contributed by atoms with Crippen molar-refractivity contribution in [2.24, 2.45) is 0 Å². The summed E-state index contributed by atoms with van der Waals surface area (Å²) in [7, 11) is 3.09. The third kappa shape index (κ3) is 4.58. The molecule has 0 amide bonds. The van der Waals surface area contributed by atoms with Crippen LogP contribution in [0.25, 0.3) is 0 Å². The van der Waals surface area contributed by atoms with Gasteiger partial charge in [0, 0.05) is 24.7 Å². The first-order chi connectivity index (χ1) is 11.0. The molecule has 4 nitrogen and oxygen atoms in total. The number of aliphatic hydroxyl groups is 1. The van der Waals surface area contributed by atoms with E-state index in [4.69, 9.17) is 21.1 Å². The Hall–Kier alpha value is -1.82. The number of ether oxygens (including phenoxy) is 2. The van der Waals surface area contributed by atoms with Gasteiger partial charge in [-0.05, 0) is 23.8 Å². The predicted molar refractivity (Wildman–Crippen MR) is 87.6 cm³/mol. The van der Waals surface area contributed by atoms with E-state index < -0.39 is 11.9 Å². The van der Waals surface area contributed by atoms with Crippen molar-refractivity contribution in [1.82, 2.24) is 5.32 Å². The van der Waals surface area contributed by atoms with Crippen molar-refractivity contribution in [3.63, 3.8) is 0 Å². The van der Waals surface area contributed by atoms with Gasteiger partial charge in [-0.25, -0.2) is 4.39 Å². The molecule has 0 aliphatic carbocycles. The summed E-state index contributed by atoms with van der Waals surface area (Å²) in [5.74, 6) is 0.748. The number of benzene rings is 2. The van der Waals surface area contributed by atoms with Crippen molar-refractivity contribution in [3.8, 4) is 11.5 Å².